The van der Waals surface area contributed by atoms with Crippen LogP contribution in [0.3, 0.4) is 0 Å². The minimum absolute atomic E-state index is 0.250. The van der Waals surface area contributed by atoms with Gasteiger partial charge in [-0.05, 0) is 29.8 Å². The van der Waals surface area contributed by atoms with Crippen molar-refractivity contribution in [3.05, 3.63) is 59.9 Å². The van der Waals surface area contributed by atoms with E-state index in [-0.39, 0.29) is 11.8 Å². The van der Waals surface area contributed by atoms with Crippen molar-refractivity contribution in [3.8, 4) is 5.75 Å². The number of benzene rings is 1. The summed E-state index contributed by atoms with van der Waals surface area (Å²) in [6.07, 6.45) is -2.50. The van der Waals surface area contributed by atoms with Crippen LogP contribution < -0.4 is 16.0 Å². The van der Waals surface area contributed by atoms with Gasteiger partial charge in [-0.1, -0.05) is 18.2 Å². The van der Waals surface area contributed by atoms with Crippen LogP contribution in [0.2, 0.25) is 0 Å². The zero-order valence-electron chi connectivity index (χ0n) is 11.0. The van der Waals surface area contributed by atoms with Crippen molar-refractivity contribution in [3.63, 3.8) is 0 Å². The van der Waals surface area contributed by atoms with E-state index in [0.29, 0.717) is 6.42 Å². The molecule has 4 nitrogen and oxygen atoms in total. The zero-order chi connectivity index (χ0) is 15.3. The molecule has 0 radical (unpaired) electrons. The number of nitrogens with two attached hydrogens (primary N) is 1. The summed E-state index contributed by atoms with van der Waals surface area (Å²) in [4.78, 5) is 4.19. The lowest BCUT2D eigenvalue weighted by Crippen LogP contribution is -2.29. The molecule has 0 aliphatic rings. The second-order valence-corrected chi connectivity index (χ2v) is 4.36. The Morgan fingerprint density at radius 3 is 2.38 bits per heavy atom. The molecule has 0 spiro atoms. The van der Waals surface area contributed by atoms with Crippen LogP contribution in [0.15, 0.2) is 48.7 Å². The maximum absolute atomic E-state index is 12.1. The fourth-order valence-electron chi connectivity index (χ4n) is 1.90. The van der Waals surface area contributed by atoms with Crippen molar-refractivity contribution in [2.45, 2.75) is 18.8 Å². The van der Waals surface area contributed by atoms with Gasteiger partial charge in [-0.15, -0.1) is 13.2 Å². The molecule has 2 aromatic rings. The monoisotopic (exact) mass is 297 g/mol. The molecule has 3 N–H and O–H groups in total. The minimum atomic E-state index is -4.69. The van der Waals surface area contributed by atoms with E-state index in [0.717, 1.165) is 11.3 Å². The van der Waals surface area contributed by atoms with Crippen molar-refractivity contribution in [2.75, 3.05) is 0 Å². The van der Waals surface area contributed by atoms with Crippen LogP contribution >= 0.6 is 0 Å². The van der Waals surface area contributed by atoms with Gasteiger partial charge in [0.25, 0.3) is 0 Å². The Morgan fingerprint density at radius 1 is 1.14 bits per heavy atom. The average molecular weight is 297 g/mol. The lowest BCUT2D eigenvalue weighted by Gasteiger charge is -2.16. The summed E-state index contributed by atoms with van der Waals surface area (Å²) in [6, 6.07) is 10.8. The van der Waals surface area contributed by atoms with Gasteiger partial charge in [-0.2, -0.15) is 0 Å². The van der Waals surface area contributed by atoms with E-state index in [1.165, 1.54) is 24.3 Å². The fraction of sp³-hybridized carbons (Fsp3) is 0.214. The second kappa shape index (κ2) is 6.55. The number of alkyl halides is 3. The summed E-state index contributed by atoms with van der Waals surface area (Å²) in [6.45, 7) is 0. The lowest BCUT2D eigenvalue weighted by atomic mass is 10.0. The highest BCUT2D eigenvalue weighted by atomic mass is 19.4. The van der Waals surface area contributed by atoms with Crippen molar-refractivity contribution >= 4 is 0 Å². The summed E-state index contributed by atoms with van der Waals surface area (Å²) in [5.74, 6) is 5.24. The molecule has 1 aromatic heterocycles. The second-order valence-electron chi connectivity index (χ2n) is 4.36. The topological polar surface area (TPSA) is 60.2 Å². The number of aromatic nitrogens is 1. The molecule has 0 aliphatic carbocycles. The number of pyridine rings is 1. The van der Waals surface area contributed by atoms with Gasteiger partial charge in [0.05, 0.1) is 6.04 Å². The minimum Gasteiger partial charge on any atom is -0.406 e. The molecule has 1 unspecified atom stereocenters. The Morgan fingerprint density at radius 2 is 1.86 bits per heavy atom. The van der Waals surface area contributed by atoms with E-state index in [9.17, 15) is 13.2 Å². The maximum Gasteiger partial charge on any atom is 0.573 e. The lowest BCUT2D eigenvalue weighted by molar-refractivity contribution is -0.274. The van der Waals surface area contributed by atoms with Gasteiger partial charge in [0, 0.05) is 18.3 Å². The SMILES string of the molecule is NNC(Cc1ccccn1)c1ccc(OC(F)(F)F)cc1. The Bertz CT molecular complexity index is 558. The number of halogens is 3. The van der Waals surface area contributed by atoms with Gasteiger partial charge >= 0.3 is 6.36 Å². The molecular weight excluding hydrogens is 283 g/mol. The summed E-state index contributed by atoms with van der Waals surface area (Å²) >= 11 is 0. The Labute approximate surface area is 119 Å². The highest BCUT2D eigenvalue weighted by molar-refractivity contribution is 5.30. The third-order valence-corrected chi connectivity index (χ3v) is 2.86. The largest absolute Gasteiger partial charge is 0.573 e. The molecule has 1 heterocycles. The molecular formula is C14H14F3N3O. The van der Waals surface area contributed by atoms with Crippen LogP contribution in [0.25, 0.3) is 0 Å². The smallest absolute Gasteiger partial charge is 0.406 e. The molecule has 0 bridgehead atoms. The fourth-order valence-corrected chi connectivity index (χ4v) is 1.90. The highest BCUT2D eigenvalue weighted by Gasteiger charge is 2.31. The van der Waals surface area contributed by atoms with Crippen LogP contribution in [0.5, 0.6) is 5.75 Å². The predicted octanol–water partition coefficient (Wildman–Crippen LogP) is 2.73. The molecule has 7 heteroatoms. The third-order valence-electron chi connectivity index (χ3n) is 2.86. The van der Waals surface area contributed by atoms with E-state index in [1.54, 1.807) is 12.3 Å². The number of hydrazine groups is 1. The predicted molar refractivity (Wildman–Crippen MR) is 71.1 cm³/mol. The first-order valence-corrected chi connectivity index (χ1v) is 6.19. The first-order chi connectivity index (χ1) is 9.98. The molecule has 21 heavy (non-hydrogen) atoms. The molecule has 2 rings (SSSR count). The van der Waals surface area contributed by atoms with Gasteiger partial charge in [0.15, 0.2) is 0 Å². The summed E-state index contributed by atoms with van der Waals surface area (Å²) in [7, 11) is 0. The average Bonchev–Trinajstić information content (AvgIpc) is 2.45. The Balaban J connectivity index is 2.08. The van der Waals surface area contributed by atoms with Gasteiger partial charge in [-0.25, -0.2) is 0 Å². The first kappa shape index (κ1) is 15.3. The molecule has 1 aromatic carbocycles. The number of ether oxygens (including phenoxy) is 1. The number of nitrogens with zero attached hydrogens (tertiary/aromatic N) is 1. The van der Waals surface area contributed by atoms with Crippen LogP contribution in [-0.2, 0) is 6.42 Å². The van der Waals surface area contributed by atoms with E-state index in [2.05, 4.69) is 15.1 Å². The van der Waals surface area contributed by atoms with E-state index in [4.69, 9.17) is 5.84 Å². The number of hydrogen-bond donors (Lipinski definition) is 2. The quantitative estimate of drug-likeness (QED) is 0.658. The van der Waals surface area contributed by atoms with E-state index >= 15 is 0 Å². The number of nitrogens with one attached hydrogen (secondary N) is 1. The summed E-state index contributed by atoms with van der Waals surface area (Å²) < 4.78 is 40.1. The van der Waals surface area contributed by atoms with Crippen molar-refractivity contribution < 1.29 is 17.9 Å². The van der Waals surface area contributed by atoms with Gasteiger partial charge in [0.2, 0.25) is 0 Å². The summed E-state index contributed by atoms with van der Waals surface area (Å²) in [5, 5.41) is 0. The maximum atomic E-state index is 12.1. The first-order valence-electron chi connectivity index (χ1n) is 6.19. The van der Waals surface area contributed by atoms with Crippen molar-refractivity contribution in [1.82, 2.24) is 10.4 Å². The van der Waals surface area contributed by atoms with Crippen LogP contribution in [-0.4, -0.2) is 11.3 Å². The van der Waals surface area contributed by atoms with Gasteiger partial charge < -0.3 is 4.74 Å². The van der Waals surface area contributed by atoms with Crippen LogP contribution in [0, 0.1) is 0 Å². The number of hydrogen-bond acceptors (Lipinski definition) is 4. The number of rotatable bonds is 5. The molecule has 112 valence electrons. The highest BCUT2D eigenvalue weighted by Crippen LogP contribution is 2.25. The van der Waals surface area contributed by atoms with Gasteiger partial charge in [-0.3, -0.25) is 16.3 Å². The van der Waals surface area contributed by atoms with E-state index in [1.807, 2.05) is 12.1 Å². The molecule has 0 saturated carbocycles. The Hall–Kier alpha value is -2.12. The Kier molecular flexibility index (Phi) is 4.77. The standard InChI is InChI=1S/C14H14F3N3O/c15-14(16,17)21-12-6-4-10(5-7-12)13(20-18)9-11-3-1-2-8-19-11/h1-8,13,20H,9,18H2. The van der Waals surface area contributed by atoms with Crippen molar-refractivity contribution in [2.24, 2.45) is 5.84 Å². The molecule has 0 amide bonds. The normalized spacial score (nSPS) is 13.0. The third kappa shape index (κ3) is 4.73. The van der Waals surface area contributed by atoms with Gasteiger partial charge in [0.1, 0.15) is 5.75 Å². The molecule has 0 fully saturated rings. The molecule has 1 atom stereocenters. The van der Waals surface area contributed by atoms with Crippen molar-refractivity contribution in [1.29, 1.82) is 0 Å². The van der Waals surface area contributed by atoms with Crippen LogP contribution in [0.1, 0.15) is 17.3 Å². The molecule has 0 aliphatic heterocycles. The molecule has 0 saturated heterocycles. The van der Waals surface area contributed by atoms with E-state index < -0.39 is 6.36 Å². The zero-order valence-corrected chi connectivity index (χ0v) is 11.0. The summed E-state index contributed by atoms with van der Waals surface area (Å²) in [5.41, 5.74) is 4.21. The van der Waals surface area contributed by atoms with Crippen LogP contribution in [0.4, 0.5) is 13.2 Å².